The second-order valence-electron chi connectivity index (χ2n) is 5.76. The van der Waals surface area contributed by atoms with Crippen LogP contribution in [0.5, 0.6) is 0 Å². The molecule has 1 spiro atoms. The fraction of sp³-hybridized carbons (Fsp3) is 1.00. The zero-order chi connectivity index (χ0) is 9.60. The maximum atomic E-state index is 5.40. The fourth-order valence-electron chi connectivity index (χ4n) is 3.80. The minimum absolute atomic E-state index is 0.776. The van der Waals surface area contributed by atoms with Crippen LogP contribution in [0.1, 0.15) is 32.6 Å². The van der Waals surface area contributed by atoms with Gasteiger partial charge in [0.15, 0.2) is 0 Å². The van der Waals surface area contributed by atoms with Crippen LogP contribution in [0.4, 0.5) is 0 Å². The number of rotatable bonds is 1. The van der Waals surface area contributed by atoms with Crippen LogP contribution in [-0.4, -0.2) is 37.2 Å². The van der Waals surface area contributed by atoms with Gasteiger partial charge in [-0.1, -0.05) is 6.92 Å². The number of hydrogen-bond acceptors (Lipinski definition) is 2. The summed E-state index contributed by atoms with van der Waals surface area (Å²) in [6.07, 6.45) is 5.52. The average Bonchev–Trinajstić information content (AvgIpc) is 2.10. The lowest BCUT2D eigenvalue weighted by Gasteiger charge is -2.61. The van der Waals surface area contributed by atoms with Crippen LogP contribution >= 0.6 is 0 Å². The van der Waals surface area contributed by atoms with Crippen molar-refractivity contribution in [3.05, 3.63) is 0 Å². The van der Waals surface area contributed by atoms with Crippen LogP contribution in [-0.2, 0) is 4.74 Å². The smallest absolute Gasteiger partial charge is 0.0480 e. The van der Waals surface area contributed by atoms with Crippen molar-refractivity contribution in [3.63, 3.8) is 0 Å². The zero-order valence-corrected chi connectivity index (χ0v) is 9.17. The van der Waals surface area contributed by atoms with Gasteiger partial charge < -0.3 is 4.74 Å². The van der Waals surface area contributed by atoms with E-state index in [9.17, 15) is 0 Å². The molecule has 0 aromatic carbocycles. The summed E-state index contributed by atoms with van der Waals surface area (Å²) in [7, 11) is 0. The van der Waals surface area contributed by atoms with Crippen molar-refractivity contribution in [1.82, 2.24) is 4.90 Å². The molecular formula is C12H21NO. The normalized spacial score (nSPS) is 34.1. The molecule has 1 aliphatic carbocycles. The molecule has 2 heterocycles. The Morgan fingerprint density at radius 1 is 1.14 bits per heavy atom. The van der Waals surface area contributed by atoms with E-state index in [2.05, 4.69) is 11.8 Å². The van der Waals surface area contributed by atoms with E-state index >= 15 is 0 Å². The number of nitrogens with zero attached hydrogens (tertiary/aromatic N) is 1. The largest absolute Gasteiger partial charge is 0.381 e. The van der Waals surface area contributed by atoms with E-state index in [1.807, 2.05) is 0 Å². The molecule has 2 heteroatoms. The molecule has 80 valence electrons. The summed E-state index contributed by atoms with van der Waals surface area (Å²) < 4.78 is 5.40. The van der Waals surface area contributed by atoms with Gasteiger partial charge in [0.1, 0.15) is 0 Å². The summed E-state index contributed by atoms with van der Waals surface area (Å²) >= 11 is 0. The van der Waals surface area contributed by atoms with Gasteiger partial charge in [-0.25, -0.2) is 0 Å². The minimum Gasteiger partial charge on any atom is -0.381 e. The van der Waals surface area contributed by atoms with E-state index < -0.39 is 0 Å². The van der Waals surface area contributed by atoms with Crippen molar-refractivity contribution in [2.45, 2.75) is 38.6 Å². The van der Waals surface area contributed by atoms with Crippen LogP contribution in [0.15, 0.2) is 0 Å². The predicted octanol–water partition coefficient (Wildman–Crippen LogP) is 1.90. The second kappa shape index (κ2) is 3.21. The molecular weight excluding hydrogens is 174 g/mol. The first-order valence-electron chi connectivity index (χ1n) is 6.09. The predicted molar refractivity (Wildman–Crippen MR) is 56.2 cm³/mol. The first kappa shape index (κ1) is 9.17. The summed E-state index contributed by atoms with van der Waals surface area (Å²) in [4.78, 5) is 2.70. The van der Waals surface area contributed by atoms with Crippen molar-refractivity contribution in [1.29, 1.82) is 0 Å². The van der Waals surface area contributed by atoms with Crippen LogP contribution in [0, 0.1) is 11.3 Å². The number of hydrogen-bond donors (Lipinski definition) is 0. The van der Waals surface area contributed by atoms with E-state index in [1.54, 1.807) is 0 Å². The van der Waals surface area contributed by atoms with Crippen LogP contribution in [0.25, 0.3) is 0 Å². The summed E-state index contributed by atoms with van der Waals surface area (Å²) in [6.45, 7) is 7.15. The van der Waals surface area contributed by atoms with Gasteiger partial charge in [0.2, 0.25) is 0 Å². The Labute approximate surface area is 86.6 Å². The summed E-state index contributed by atoms with van der Waals surface area (Å²) in [5.41, 5.74) is 0.776. The molecule has 2 aliphatic heterocycles. The van der Waals surface area contributed by atoms with Gasteiger partial charge in [-0.05, 0) is 37.0 Å². The lowest BCUT2D eigenvalue weighted by molar-refractivity contribution is -0.123. The highest BCUT2D eigenvalue weighted by atomic mass is 16.5. The van der Waals surface area contributed by atoms with E-state index in [-0.39, 0.29) is 0 Å². The van der Waals surface area contributed by atoms with Gasteiger partial charge in [0, 0.05) is 32.3 Å². The Morgan fingerprint density at radius 2 is 1.79 bits per heavy atom. The molecule has 0 aromatic heterocycles. The van der Waals surface area contributed by atoms with Gasteiger partial charge in [-0.15, -0.1) is 0 Å². The van der Waals surface area contributed by atoms with Crippen molar-refractivity contribution >= 4 is 0 Å². The number of ether oxygens (including phenoxy) is 1. The Morgan fingerprint density at radius 3 is 2.36 bits per heavy atom. The van der Waals surface area contributed by atoms with E-state index in [4.69, 9.17) is 4.74 Å². The van der Waals surface area contributed by atoms with Crippen LogP contribution < -0.4 is 0 Å². The van der Waals surface area contributed by atoms with Gasteiger partial charge in [-0.2, -0.15) is 0 Å². The Kier molecular flexibility index (Phi) is 2.10. The molecule has 14 heavy (non-hydrogen) atoms. The molecule has 0 bridgehead atoms. The molecule has 1 saturated carbocycles. The average molecular weight is 195 g/mol. The molecule has 0 atom stereocenters. The second-order valence-corrected chi connectivity index (χ2v) is 5.76. The van der Waals surface area contributed by atoms with E-state index in [1.165, 1.54) is 38.8 Å². The highest BCUT2D eigenvalue weighted by Crippen LogP contribution is 2.52. The van der Waals surface area contributed by atoms with Gasteiger partial charge in [0.25, 0.3) is 0 Å². The Balaban J connectivity index is 1.49. The standard InChI is InChI=1S/C12H21NO/c1-10-6-12(7-10)8-13(9-12)11-2-4-14-5-3-11/h10-11H,2-9H2,1H3. The third-order valence-electron chi connectivity index (χ3n) is 4.35. The lowest BCUT2D eigenvalue weighted by Crippen LogP contribution is -2.64. The summed E-state index contributed by atoms with van der Waals surface area (Å²) in [6, 6.07) is 0.852. The maximum absolute atomic E-state index is 5.40. The highest BCUT2D eigenvalue weighted by molar-refractivity contribution is 5.04. The third kappa shape index (κ3) is 1.40. The monoisotopic (exact) mass is 195 g/mol. The summed E-state index contributed by atoms with van der Waals surface area (Å²) in [5, 5.41) is 0. The zero-order valence-electron chi connectivity index (χ0n) is 9.17. The molecule has 0 radical (unpaired) electrons. The molecule has 0 N–H and O–H groups in total. The maximum Gasteiger partial charge on any atom is 0.0480 e. The first-order chi connectivity index (χ1) is 6.77. The minimum atomic E-state index is 0.776. The molecule has 0 aromatic rings. The quantitative estimate of drug-likeness (QED) is 0.633. The first-order valence-corrected chi connectivity index (χ1v) is 6.09. The van der Waals surface area contributed by atoms with Crippen molar-refractivity contribution in [3.8, 4) is 0 Å². The van der Waals surface area contributed by atoms with Gasteiger partial charge in [0.05, 0.1) is 0 Å². The molecule has 0 unspecified atom stereocenters. The topological polar surface area (TPSA) is 12.5 Å². The number of likely N-dealkylation sites (tertiary alicyclic amines) is 1. The molecule has 2 nitrogen and oxygen atoms in total. The SMILES string of the molecule is CC1CC2(C1)CN(C1CCOCC1)C2. The molecule has 3 rings (SSSR count). The Bertz CT molecular complexity index is 208. The molecule has 0 amide bonds. The fourth-order valence-corrected chi connectivity index (χ4v) is 3.80. The van der Waals surface area contributed by atoms with Crippen LogP contribution in [0.3, 0.4) is 0 Å². The lowest BCUT2D eigenvalue weighted by atomic mass is 9.58. The van der Waals surface area contributed by atoms with E-state index in [0.29, 0.717) is 0 Å². The highest BCUT2D eigenvalue weighted by Gasteiger charge is 2.51. The molecule has 3 aliphatic rings. The van der Waals surface area contributed by atoms with Crippen LogP contribution in [0.2, 0.25) is 0 Å². The van der Waals surface area contributed by atoms with Crippen molar-refractivity contribution in [2.24, 2.45) is 11.3 Å². The van der Waals surface area contributed by atoms with Gasteiger partial charge in [-0.3, -0.25) is 4.90 Å². The summed E-state index contributed by atoms with van der Waals surface area (Å²) in [5.74, 6) is 1.01. The molecule has 3 fully saturated rings. The van der Waals surface area contributed by atoms with E-state index in [0.717, 1.165) is 30.6 Å². The molecule has 2 saturated heterocycles. The Hall–Kier alpha value is -0.0800. The van der Waals surface area contributed by atoms with Crippen molar-refractivity contribution in [2.75, 3.05) is 26.3 Å². The third-order valence-corrected chi connectivity index (χ3v) is 4.35. The van der Waals surface area contributed by atoms with Gasteiger partial charge >= 0.3 is 0 Å². The van der Waals surface area contributed by atoms with Crippen molar-refractivity contribution < 1.29 is 4.74 Å².